The summed E-state index contributed by atoms with van der Waals surface area (Å²) in [5.74, 6) is -0.694. The molecule has 1 aromatic carbocycles. The summed E-state index contributed by atoms with van der Waals surface area (Å²) in [6, 6.07) is 11.8. The molecular formula is C20H18N4O3S. The van der Waals surface area contributed by atoms with Crippen molar-refractivity contribution in [1.82, 2.24) is 10.3 Å². The van der Waals surface area contributed by atoms with Gasteiger partial charge in [-0.05, 0) is 41.8 Å². The Labute approximate surface area is 165 Å². The number of hydrogen-bond acceptors (Lipinski definition) is 5. The van der Waals surface area contributed by atoms with Crippen molar-refractivity contribution in [2.24, 2.45) is 0 Å². The number of nitrogens with one attached hydrogen (secondary N) is 3. The topological polar surface area (TPSA) is 100 Å². The fourth-order valence-corrected chi connectivity index (χ4v) is 3.03. The van der Waals surface area contributed by atoms with Gasteiger partial charge in [0.25, 0.3) is 11.8 Å². The van der Waals surface area contributed by atoms with E-state index in [-0.39, 0.29) is 30.7 Å². The number of nitrogens with zero attached hydrogens (tertiary/aromatic N) is 1. The van der Waals surface area contributed by atoms with Crippen LogP contribution in [0.25, 0.3) is 0 Å². The monoisotopic (exact) mass is 394 g/mol. The Bertz CT molecular complexity index is 959. The molecule has 28 heavy (non-hydrogen) atoms. The Hall–Kier alpha value is -3.52. The minimum Gasteiger partial charge on any atom is -0.351 e. The minimum atomic E-state index is -0.262. The molecule has 0 radical (unpaired) electrons. The number of amides is 3. The average molecular weight is 394 g/mol. The van der Waals surface area contributed by atoms with Gasteiger partial charge in [-0.15, -0.1) is 0 Å². The van der Waals surface area contributed by atoms with Crippen molar-refractivity contribution in [2.45, 2.75) is 6.42 Å². The van der Waals surface area contributed by atoms with Crippen LogP contribution in [-0.4, -0.2) is 29.3 Å². The number of benzene rings is 1. The molecule has 2 aromatic heterocycles. The SMILES string of the molecule is O=C(CCNC(=O)c1ccsc1)Nc1cccc(NC(=O)c2ccncc2)c1. The first-order valence-corrected chi connectivity index (χ1v) is 9.48. The predicted molar refractivity (Wildman–Crippen MR) is 109 cm³/mol. The molecule has 0 aliphatic heterocycles. The van der Waals surface area contributed by atoms with Crippen LogP contribution in [0.2, 0.25) is 0 Å². The molecule has 8 heteroatoms. The van der Waals surface area contributed by atoms with Gasteiger partial charge in [0.2, 0.25) is 5.91 Å². The van der Waals surface area contributed by atoms with Gasteiger partial charge in [0.15, 0.2) is 0 Å². The summed E-state index contributed by atoms with van der Waals surface area (Å²) in [6.45, 7) is 0.235. The van der Waals surface area contributed by atoms with E-state index < -0.39 is 0 Å². The number of carbonyl (C=O) groups is 3. The van der Waals surface area contributed by atoms with Crippen LogP contribution in [0.15, 0.2) is 65.6 Å². The van der Waals surface area contributed by atoms with E-state index in [0.29, 0.717) is 22.5 Å². The molecule has 0 fully saturated rings. The van der Waals surface area contributed by atoms with Gasteiger partial charge >= 0.3 is 0 Å². The number of pyridine rings is 1. The van der Waals surface area contributed by atoms with Gasteiger partial charge in [-0.3, -0.25) is 19.4 Å². The van der Waals surface area contributed by atoms with E-state index in [1.165, 1.54) is 11.3 Å². The van der Waals surface area contributed by atoms with Crippen molar-refractivity contribution in [1.29, 1.82) is 0 Å². The summed E-state index contributed by atoms with van der Waals surface area (Å²) < 4.78 is 0. The third-order valence-corrected chi connectivity index (χ3v) is 4.45. The molecule has 0 bridgehead atoms. The Morgan fingerprint density at radius 3 is 2.36 bits per heavy atom. The normalized spacial score (nSPS) is 10.1. The van der Waals surface area contributed by atoms with Crippen LogP contribution in [0.5, 0.6) is 0 Å². The average Bonchev–Trinajstić information content (AvgIpc) is 3.24. The zero-order chi connectivity index (χ0) is 19.8. The van der Waals surface area contributed by atoms with Crippen LogP contribution in [0.4, 0.5) is 11.4 Å². The number of anilines is 2. The smallest absolute Gasteiger partial charge is 0.255 e. The number of aromatic nitrogens is 1. The maximum atomic E-state index is 12.2. The second kappa shape index (κ2) is 9.43. The van der Waals surface area contributed by atoms with Crippen LogP contribution in [0.1, 0.15) is 27.1 Å². The molecule has 3 rings (SSSR count). The van der Waals surface area contributed by atoms with Gasteiger partial charge in [-0.25, -0.2) is 0 Å². The van der Waals surface area contributed by atoms with Gasteiger partial charge < -0.3 is 16.0 Å². The summed E-state index contributed by atoms with van der Waals surface area (Å²) in [4.78, 5) is 40.0. The molecule has 0 aliphatic rings. The van der Waals surface area contributed by atoms with Gasteiger partial charge in [-0.2, -0.15) is 11.3 Å². The first kappa shape index (κ1) is 19.2. The highest BCUT2D eigenvalue weighted by Crippen LogP contribution is 2.16. The zero-order valence-corrected chi connectivity index (χ0v) is 15.7. The zero-order valence-electron chi connectivity index (χ0n) is 14.8. The highest BCUT2D eigenvalue weighted by atomic mass is 32.1. The van der Waals surface area contributed by atoms with E-state index in [0.717, 1.165) is 0 Å². The summed E-state index contributed by atoms with van der Waals surface area (Å²) in [7, 11) is 0. The Balaban J connectivity index is 1.49. The Morgan fingerprint density at radius 2 is 1.64 bits per heavy atom. The Kier molecular flexibility index (Phi) is 6.48. The molecule has 142 valence electrons. The van der Waals surface area contributed by atoms with E-state index in [2.05, 4.69) is 20.9 Å². The highest BCUT2D eigenvalue weighted by molar-refractivity contribution is 7.08. The van der Waals surface area contributed by atoms with Crippen LogP contribution < -0.4 is 16.0 Å². The van der Waals surface area contributed by atoms with Crippen LogP contribution >= 0.6 is 11.3 Å². The van der Waals surface area contributed by atoms with E-state index in [9.17, 15) is 14.4 Å². The van der Waals surface area contributed by atoms with Crippen LogP contribution in [0, 0.1) is 0 Å². The number of rotatable bonds is 7. The summed E-state index contributed by atoms with van der Waals surface area (Å²) >= 11 is 1.44. The molecule has 3 aromatic rings. The van der Waals surface area contributed by atoms with Crippen molar-refractivity contribution in [3.63, 3.8) is 0 Å². The quantitative estimate of drug-likeness (QED) is 0.573. The lowest BCUT2D eigenvalue weighted by Crippen LogP contribution is -2.27. The summed E-state index contributed by atoms with van der Waals surface area (Å²) in [5.41, 5.74) is 2.20. The maximum Gasteiger partial charge on any atom is 0.255 e. The molecule has 2 heterocycles. The highest BCUT2D eigenvalue weighted by Gasteiger charge is 2.09. The Morgan fingerprint density at radius 1 is 0.893 bits per heavy atom. The lowest BCUT2D eigenvalue weighted by atomic mass is 10.2. The maximum absolute atomic E-state index is 12.2. The molecule has 0 saturated carbocycles. The summed E-state index contributed by atoms with van der Waals surface area (Å²) in [6.07, 6.45) is 3.23. The van der Waals surface area contributed by atoms with Crippen molar-refractivity contribution in [3.8, 4) is 0 Å². The van der Waals surface area contributed by atoms with Crippen LogP contribution in [-0.2, 0) is 4.79 Å². The lowest BCUT2D eigenvalue weighted by molar-refractivity contribution is -0.116. The summed E-state index contributed by atoms with van der Waals surface area (Å²) in [5, 5.41) is 11.8. The van der Waals surface area contributed by atoms with Gasteiger partial charge in [0.05, 0.1) is 0 Å². The van der Waals surface area contributed by atoms with E-state index >= 15 is 0 Å². The molecule has 7 nitrogen and oxygen atoms in total. The van der Waals surface area contributed by atoms with Crippen LogP contribution in [0.3, 0.4) is 0 Å². The molecule has 3 N–H and O–H groups in total. The van der Waals surface area contributed by atoms with E-state index in [1.54, 1.807) is 60.2 Å². The second-order valence-electron chi connectivity index (χ2n) is 5.84. The predicted octanol–water partition coefficient (Wildman–Crippen LogP) is 3.15. The van der Waals surface area contributed by atoms with E-state index in [1.807, 2.05) is 5.38 Å². The number of hydrogen-bond donors (Lipinski definition) is 3. The third kappa shape index (κ3) is 5.49. The van der Waals surface area contributed by atoms with E-state index in [4.69, 9.17) is 0 Å². The van der Waals surface area contributed by atoms with Gasteiger partial charge in [-0.1, -0.05) is 6.07 Å². The van der Waals surface area contributed by atoms with Crippen molar-refractivity contribution in [3.05, 3.63) is 76.7 Å². The minimum absolute atomic E-state index is 0.142. The molecular weight excluding hydrogens is 376 g/mol. The fourth-order valence-electron chi connectivity index (χ4n) is 2.39. The molecule has 0 aliphatic carbocycles. The standard InChI is InChI=1S/C20H18N4O3S/c25-18(6-10-22-19(26)15-7-11-28-13-15)23-16-2-1-3-17(12-16)24-20(27)14-4-8-21-9-5-14/h1-5,7-9,11-13H,6,10H2,(H,22,26)(H,23,25)(H,24,27). The number of thiophene rings is 1. The third-order valence-electron chi connectivity index (χ3n) is 3.77. The lowest BCUT2D eigenvalue weighted by Gasteiger charge is -2.09. The van der Waals surface area contributed by atoms with Gasteiger partial charge in [0, 0.05) is 53.2 Å². The fraction of sp³-hybridized carbons (Fsp3) is 0.100. The molecule has 0 spiro atoms. The first-order chi connectivity index (χ1) is 13.6. The first-order valence-electron chi connectivity index (χ1n) is 8.53. The molecule has 0 saturated heterocycles. The molecule has 3 amide bonds. The largest absolute Gasteiger partial charge is 0.351 e. The van der Waals surface area contributed by atoms with Crippen molar-refractivity contribution in [2.75, 3.05) is 17.2 Å². The molecule has 0 unspecified atom stereocenters. The molecule has 0 atom stereocenters. The van der Waals surface area contributed by atoms with Gasteiger partial charge in [0.1, 0.15) is 0 Å². The second-order valence-corrected chi connectivity index (χ2v) is 6.62. The van der Waals surface area contributed by atoms with Crippen molar-refractivity contribution < 1.29 is 14.4 Å². The number of carbonyl (C=O) groups excluding carboxylic acids is 3. The van der Waals surface area contributed by atoms with Crippen molar-refractivity contribution >= 4 is 40.4 Å².